The number of halogens is 1. The fraction of sp³-hybridized carbons (Fsp3) is 0.571. The molecule has 1 fully saturated rings. The van der Waals surface area contributed by atoms with Crippen LogP contribution >= 0.6 is 15.9 Å². The van der Waals surface area contributed by atoms with Gasteiger partial charge in [-0.25, -0.2) is 0 Å². The molecule has 2 rings (SSSR count). The van der Waals surface area contributed by atoms with E-state index >= 15 is 0 Å². The number of nitrogens with one attached hydrogen (secondary N) is 1. The molecule has 3 heteroatoms. The maximum Gasteiger partial charge on any atom is 0.122 e. The standard InChI is InChI=1S/C14H20BrNO/c1-10-7-13(15)12(9-14(10)17-2)8-11-3-5-16-6-4-11/h7,9,11,16H,3-6,8H2,1-2H3. The van der Waals surface area contributed by atoms with E-state index in [1.165, 1.54) is 28.4 Å². The van der Waals surface area contributed by atoms with Crippen molar-refractivity contribution < 1.29 is 4.74 Å². The molecule has 1 aliphatic heterocycles. The van der Waals surface area contributed by atoms with Gasteiger partial charge in [-0.1, -0.05) is 15.9 Å². The first kappa shape index (κ1) is 12.9. The van der Waals surface area contributed by atoms with Gasteiger partial charge in [-0.05, 0) is 68.5 Å². The molecule has 2 nitrogen and oxygen atoms in total. The van der Waals surface area contributed by atoms with Crippen LogP contribution in [0.3, 0.4) is 0 Å². The van der Waals surface area contributed by atoms with Crippen molar-refractivity contribution in [3.05, 3.63) is 27.7 Å². The summed E-state index contributed by atoms with van der Waals surface area (Å²) >= 11 is 3.67. The summed E-state index contributed by atoms with van der Waals surface area (Å²) < 4.78 is 6.61. The highest BCUT2D eigenvalue weighted by Gasteiger charge is 2.16. The van der Waals surface area contributed by atoms with Gasteiger partial charge in [-0.15, -0.1) is 0 Å². The predicted molar refractivity (Wildman–Crippen MR) is 74.7 cm³/mol. The normalized spacial score (nSPS) is 17.1. The summed E-state index contributed by atoms with van der Waals surface area (Å²) in [5, 5.41) is 3.41. The van der Waals surface area contributed by atoms with E-state index < -0.39 is 0 Å². The molecule has 1 aliphatic rings. The predicted octanol–water partition coefficient (Wildman–Crippen LogP) is 3.31. The summed E-state index contributed by atoms with van der Waals surface area (Å²) in [6, 6.07) is 4.34. The number of piperidine rings is 1. The van der Waals surface area contributed by atoms with Crippen molar-refractivity contribution in [3.8, 4) is 5.75 Å². The van der Waals surface area contributed by atoms with Gasteiger partial charge in [-0.2, -0.15) is 0 Å². The van der Waals surface area contributed by atoms with Crippen LogP contribution in [0.1, 0.15) is 24.0 Å². The van der Waals surface area contributed by atoms with Gasteiger partial charge in [0.15, 0.2) is 0 Å². The molecule has 1 N–H and O–H groups in total. The minimum Gasteiger partial charge on any atom is -0.496 e. The summed E-state index contributed by atoms with van der Waals surface area (Å²) in [7, 11) is 1.74. The highest BCUT2D eigenvalue weighted by molar-refractivity contribution is 9.10. The summed E-state index contributed by atoms with van der Waals surface area (Å²) in [5.74, 6) is 1.80. The zero-order valence-electron chi connectivity index (χ0n) is 10.6. The molecule has 0 atom stereocenters. The van der Waals surface area contributed by atoms with Crippen molar-refractivity contribution in [3.63, 3.8) is 0 Å². The summed E-state index contributed by atoms with van der Waals surface area (Å²) in [6.07, 6.45) is 3.71. The number of aryl methyl sites for hydroxylation is 1. The van der Waals surface area contributed by atoms with Gasteiger partial charge in [0.25, 0.3) is 0 Å². The number of rotatable bonds is 3. The lowest BCUT2D eigenvalue weighted by Gasteiger charge is -2.23. The molecule has 0 aliphatic carbocycles. The molecule has 0 aromatic heterocycles. The molecule has 17 heavy (non-hydrogen) atoms. The molecule has 1 aromatic carbocycles. The van der Waals surface area contributed by atoms with Crippen molar-refractivity contribution in [2.45, 2.75) is 26.2 Å². The lowest BCUT2D eigenvalue weighted by molar-refractivity contribution is 0.370. The minimum atomic E-state index is 0.806. The molecule has 1 saturated heterocycles. The van der Waals surface area contributed by atoms with E-state index in [1.807, 2.05) is 0 Å². The van der Waals surface area contributed by atoms with Gasteiger partial charge in [-0.3, -0.25) is 0 Å². The molecule has 94 valence electrons. The second-order valence-corrected chi connectivity index (χ2v) is 5.67. The van der Waals surface area contributed by atoms with Crippen LogP contribution in [-0.2, 0) is 6.42 Å². The first-order valence-electron chi connectivity index (χ1n) is 6.24. The third-order valence-corrected chi connectivity index (χ3v) is 4.27. The lowest BCUT2D eigenvalue weighted by atomic mass is 9.90. The molecule has 1 aromatic rings. The molecule has 0 radical (unpaired) electrons. The lowest BCUT2D eigenvalue weighted by Crippen LogP contribution is -2.28. The van der Waals surface area contributed by atoms with Gasteiger partial charge in [0.2, 0.25) is 0 Å². The Hall–Kier alpha value is -0.540. The number of hydrogen-bond acceptors (Lipinski definition) is 2. The fourth-order valence-electron chi connectivity index (χ4n) is 2.47. The van der Waals surface area contributed by atoms with Crippen molar-refractivity contribution in [1.29, 1.82) is 0 Å². The zero-order chi connectivity index (χ0) is 12.3. The SMILES string of the molecule is COc1cc(CC2CCNCC2)c(Br)cc1C. The largest absolute Gasteiger partial charge is 0.496 e. The van der Waals surface area contributed by atoms with Crippen LogP contribution in [-0.4, -0.2) is 20.2 Å². The quantitative estimate of drug-likeness (QED) is 0.924. The van der Waals surface area contributed by atoms with Crippen molar-refractivity contribution in [1.82, 2.24) is 5.32 Å². The summed E-state index contributed by atoms with van der Waals surface area (Å²) in [5.41, 5.74) is 2.56. The number of benzene rings is 1. The van der Waals surface area contributed by atoms with E-state index in [0.717, 1.165) is 31.2 Å². The zero-order valence-corrected chi connectivity index (χ0v) is 12.1. The van der Waals surface area contributed by atoms with Crippen molar-refractivity contribution >= 4 is 15.9 Å². The van der Waals surface area contributed by atoms with Gasteiger partial charge in [0.05, 0.1) is 7.11 Å². The van der Waals surface area contributed by atoms with Gasteiger partial charge >= 0.3 is 0 Å². The third-order valence-electron chi connectivity index (χ3n) is 3.53. The Balaban J connectivity index is 2.13. The Bertz CT molecular complexity index is 386. The van der Waals surface area contributed by atoms with Crippen LogP contribution in [0, 0.1) is 12.8 Å². The van der Waals surface area contributed by atoms with E-state index in [0.29, 0.717) is 0 Å². The van der Waals surface area contributed by atoms with Crippen molar-refractivity contribution in [2.24, 2.45) is 5.92 Å². The van der Waals surface area contributed by atoms with Gasteiger partial charge in [0.1, 0.15) is 5.75 Å². The Morgan fingerprint density at radius 3 is 2.71 bits per heavy atom. The van der Waals surface area contributed by atoms with Crippen LogP contribution in [0.5, 0.6) is 5.75 Å². The summed E-state index contributed by atoms with van der Waals surface area (Å²) in [4.78, 5) is 0. The third kappa shape index (κ3) is 3.23. The van der Waals surface area contributed by atoms with Crippen LogP contribution in [0.2, 0.25) is 0 Å². The maximum atomic E-state index is 5.40. The second kappa shape index (κ2) is 5.87. The smallest absolute Gasteiger partial charge is 0.122 e. The summed E-state index contributed by atoms with van der Waals surface area (Å²) in [6.45, 7) is 4.40. The van der Waals surface area contributed by atoms with E-state index in [2.05, 4.69) is 40.3 Å². The highest BCUT2D eigenvalue weighted by Crippen LogP contribution is 2.30. The van der Waals surface area contributed by atoms with Crippen LogP contribution in [0.25, 0.3) is 0 Å². The molecular weight excluding hydrogens is 278 g/mol. The molecule has 0 amide bonds. The van der Waals surface area contributed by atoms with E-state index in [4.69, 9.17) is 4.74 Å². The van der Waals surface area contributed by atoms with Crippen LogP contribution < -0.4 is 10.1 Å². The highest BCUT2D eigenvalue weighted by atomic mass is 79.9. The van der Waals surface area contributed by atoms with Crippen molar-refractivity contribution in [2.75, 3.05) is 20.2 Å². The van der Waals surface area contributed by atoms with Gasteiger partial charge < -0.3 is 10.1 Å². The monoisotopic (exact) mass is 297 g/mol. The van der Waals surface area contributed by atoms with E-state index in [9.17, 15) is 0 Å². The van der Waals surface area contributed by atoms with Crippen LogP contribution in [0.15, 0.2) is 16.6 Å². The average Bonchev–Trinajstić information content (AvgIpc) is 2.34. The number of methoxy groups -OCH3 is 1. The maximum absolute atomic E-state index is 5.40. The molecule has 0 saturated carbocycles. The minimum absolute atomic E-state index is 0.806. The molecule has 1 heterocycles. The topological polar surface area (TPSA) is 21.3 Å². The molecular formula is C14H20BrNO. The average molecular weight is 298 g/mol. The fourth-order valence-corrected chi connectivity index (χ4v) is 3.09. The van der Waals surface area contributed by atoms with E-state index in [1.54, 1.807) is 7.11 Å². The van der Waals surface area contributed by atoms with E-state index in [-0.39, 0.29) is 0 Å². The number of ether oxygens (including phenoxy) is 1. The first-order valence-corrected chi connectivity index (χ1v) is 7.03. The van der Waals surface area contributed by atoms with Gasteiger partial charge in [0, 0.05) is 4.47 Å². The molecule has 0 unspecified atom stereocenters. The molecule has 0 spiro atoms. The Kier molecular flexibility index (Phi) is 4.46. The first-order chi connectivity index (χ1) is 8.20. The van der Waals surface area contributed by atoms with Crippen LogP contribution in [0.4, 0.5) is 0 Å². The molecule has 0 bridgehead atoms. The second-order valence-electron chi connectivity index (χ2n) is 4.81. The Morgan fingerprint density at radius 1 is 1.35 bits per heavy atom. The Labute approximate surface area is 112 Å². The number of hydrogen-bond donors (Lipinski definition) is 1. The Morgan fingerprint density at radius 2 is 2.06 bits per heavy atom.